The Morgan fingerprint density at radius 2 is 1.89 bits per heavy atom. The van der Waals surface area contributed by atoms with Gasteiger partial charge >= 0.3 is 11.9 Å². The summed E-state index contributed by atoms with van der Waals surface area (Å²) in [6, 6.07) is 11.9. The van der Waals surface area contributed by atoms with Gasteiger partial charge in [-0.05, 0) is 54.7 Å². The highest BCUT2D eigenvalue weighted by atomic mass is 32.1. The van der Waals surface area contributed by atoms with Crippen molar-refractivity contribution >= 4 is 39.9 Å². The second kappa shape index (κ2) is 9.72. The number of anilines is 1. The van der Waals surface area contributed by atoms with E-state index in [-0.39, 0.29) is 33.4 Å². The van der Waals surface area contributed by atoms with Crippen LogP contribution < -0.4 is 9.64 Å². The van der Waals surface area contributed by atoms with Crippen LogP contribution in [0.3, 0.4) is 0 Å². The lowest BCUT2D eigenvalue weighted by atomic mass is 9.93. The highest BCUT2D eigenvalue weighted by molar-refractivity contribution is 7.17. The number of fused-ring (bicyclic) bond motifs is 1. The lowest BCUT2D eigenvalue weighted by Gasteiger charge is -2.23. The number of Topliss-reactive ketones (excluding diaryl/α,β-unsaturated/α-hetero) is 1. The zero-order chi connectivity index (χ0) is 27.3. The van der Waals surface area contributed by atoms with Gasteiger partial charge in [-0.3, -0.25) is 14.5 Å². The van der Waals surface area contributed by atoms with Crippen LogP contribution in [0.1, 0.15) is 70.4 Å². The standard InChI is InChI=1S/C29H28N2O6S/c1-14(2)17-6-8-18(9-7-17)23-22(24(32)19-10-11-21-20(13-19)12-15(3)37-21)25(33)27(34)31(23)29-30-16(4)26(38-29)28(35)36-5/h6-11,13-15,23,32H,12H2,1-5H3/b24-22+/t15-,23-/m1/s1. The van der Waals surface area contributed by atoms with E-state index in [1.54, 1.807) is 25.1 Å². The van der Waals surface area contributed by atoms with Gasteiger partial charge in [0, 0.05) is 12.0 Å². The average Bonchev–Trinajstić information content (AvgIpc) is 3.55. The van der Waals surface area contributed by atoms with E-state index in [1.165, 1.54) is 12.0 Å². The largest absolute Gasteiger partial charge is 0.507 e. The molecule has 1 fully saturated rings. The summed E-state index contributed by atoms with van der Waals surface area (Å²) in [6.07, 6.45) is 0.698. The number of hydrogen-bond donors (Lipinski definition) is 1. The van der Waals surface area contributed by atoms with Gasteiger partial charge < -0.3 is 14.6 Å². The van der Waals surface area contributed by atoms with E-state index < -0.39 is 23.7 Å². The molecule has 0 aliphatic carbocycles. The Morgan fingerprint density at radius 3 is 2.55 bits per heavy atom. The van der Waals surface area contributed by atoms with Crippen molar-refractivity contribution in [2.45, 2.75) is 52.2 Å². The fourth-order valence-corrected chi connectivity index (χ4v) is 5.91. The highest BCUT2D eigenvalue weighted by Gasteiger charge is 2.48. The minimum atomic E-state index is -0.935. The number of ether oxygens (including phenoxy) is 2. The SMILES string of the molecule is COC(=O)c1sc(N2C(=O)C(=O)/C(=C(/O)c3ccc4c(c3)C[C@@H](C)O4)[C@H]2c2ccc(C(C)C)cc2)nc1C. The fraction of sp³-hybridized carbons (Fsp3) is 0.310. The molecule has 0 bridgehead atoms. The van der Waals surface area contributed by atoms with E-state index in [4.69, 9.17) is 9.47 Å². The number of methoxy groups -OCH3 is 1. The molecule has 3 aromatic rings. The molecular formula is C29H28N2O6S. The molecule has 2 aliphatic rings. The van der Waals surface area contributed by atoms with Gasteiger partial charge in [-0.25, -0.2) is 9.78 Å². The third-order valence-corrected chi connectivity index (χ3v) is 8.03. The fourth-order valence-electron chi connectivity index (χ4n) is 4.90. The molecule has 2 aliphatic heterocycles. The molecule has 0 saturated carbocycles. The molecule has 2 aromatic carbocycles. The van der Waals surface area contributed by atoms with Crippen molar-refractivity contribution in [3.8, 4) is 5.75 Å². The third kappa shape index (κ3) is 4.26. The quantitative estimate of drug-likeness (QED) is 0.205. The summed E-state index contributed by atoms with van der Waals surface area (Å²) < 4.78 is 10.6. The molecule has 0 radical (unpaired) electrons. The molecule has 1 saturated heterocycles. The Kier molecular flexibility index (Phi) is 6.56. The maximum Gasteiger partial charge on any atom is 0.350 e. The third-order valence-electron chi connectivity index (χ3n) is 6.89. The first-order valence-electron chi connectivity index (χ1n) is 12.4. The van der Waals surface area contributed by atoms with Crippen molar-refractivity contribution in [2.24, 2.45) is 0 Å². The molecular weight excluding hydrogens is 504 g/mol. The zero-order valence-electron chi connectivity index (χ0n) is 21.8. The van der Waals surface area contributed by atoms with Crippen LogP contribution in [0.2, 0.25) is 0 Å². The van der Waals surface area contributed by atoms with Crippen LogP contribution in [-0.4, -0.2) is 41.0 Å². The molecule has 5 rings (SSSR count). The summed E-state index contributed by atoms with van der Waals surface area (Å²) in [6.45, 7) is 7.76. The summed E-state index contributed by atoms with van der Waals surface area (Å²) in [7, 11) is 1.27. The lowest BCUT2D eigenvalue weighted by molar-refractivity contribution is -0.132. The number of aliphatic hydroxyl groups excluding tert-OH is 1. The second-order valence-corrected chi connectivity index (χ2v) is 10.8. The summed E-state index contributed by atoms with van der Waals surface area (Å²) in [4.78, 5) is 45.1. The minimum Gasteiger partial charge on any atom is -0.507 e. The van der Waals surface area contributed by atoms with Gasteiger partial charge in [-0.2, -0.15) is 0 Å². The molecule has 2 atom stereocenters. The average molecular weight is 533 g/mol. The van der Waals surface area contributed by atoms with Crippen molar-refractivity contribution < 1.29 is 29.0 Å². The second-order valence-electron chi connectivity index (χ2n) is 9.85. The number of benzene rings is 2. The highest BCUT2D eigenvalue weighted by Crippen LogP contribution is 2.44. The number of hydrogen-bond acceptors (Lipinski definition) is 8. The molecule has 0 unspecified atom stereocenters. The van der Waals surface area contributed by atoms with E-state index >= 15 is 0 Å². The topological polar surface area (TPSA) is 106 Å². The Morgan fingerprint density at radius 1 is 1.18 bits per heavy atom. The van der Waals surface area contributed by atoms with E-state index in [1.807, 2.05) is 31.2 Å². The monoisotopic (exact) mass is 532 g/mol. The number of ketones is 1. The Hall–Kier alpha value is -3.98. The van der Waals surface area contributed by atoms with Crippen molar-refractivity contribution in [3.63, 3.8) is 0 Å². The lowest BCUT2D eigenvalue weighted by Crippen LogP contribution is -2.29. The smallest absolute Gasteiger partial charge is 0.350 e. The van der Waals surface area contributed by atoms with Gasteiger partial charge in [-0.15, -0.1) is 0 Å². The van der Waals surface area contributed by atoms with Crippen LogP contribution in [0, 0.1) is 6.92 Å². The van der Waals surface area contributed by atoms with E-state index in [9.17, 15) is 19.5 Å². The summed E-state index contributed by atoms with van der Waals surface area (Å²) in [5, 5.41) is 11.7. The number of aliphatic hydroxyl groups is 1. The number of aromatic nitrogens is 1. The molecule has 3 heterocycles. The first-order valence-corrected chi connectivity index (χ1v) is 13.2. The van der Waals surface area contributed by atoms with Gasteiger partial charge in [0.2, 0.25) is 0 Å². The Bertz CT molecular complexity index is 1490. The van der Waals surface area contributed by atoms with E-state index in [2.05, 4.69) is 18.8 Å². The number of rotatable bonds is 5. The Balaban J connectivity index is 1.68. The first-order chi connectivity index (χ1) is 18.1. The number of carbonyl (C=O) groups is 3. The van der Waals surface area contributed by atoms with E-state index in [0.717, 1.165) is 28.2 Å². The molecule has 196 valence electrons. The van der Waals surface area contributed by atoms with Crippen molar-refractivity contribution in [1.82, 2.24) is 4.98 Å². The number of thiazole rings is 1. The minimum absolute atomic E-state index is 0.0181. The van der Waals surface area contributed by atoms with Crippen LogP contribution in [0.5, 0.6) is 5.75 Å². The van der Waals surface area contributed by atoms with Crippen LogP contribution in [0.15, 0.2) is 48.0 Å². The van der Waals surface area contributed by atoms with Crippen LogP contribution in [-0.2, 0) is 20.7 Å². The number of aryl methyl sites for hydroxylation is 1. The summed E-state index contributed by atoms with van der Waals surface area (Å²) in [5.74, 6) is -1.46. The predicted molar refractivity (Wildman–Crippen MR) is 144 cm³/mol. The van der Waals surface area contributed by atoms with Gasteiger partial charge in [0.15, 0.2) is 5.13 Å². The number of esters is 1. The maximum absolute atomic E-state index is 13.5. The molecule has 0 spiro atoms. The predicted octanol–water partition coefficient (Wildman–Crippen LogP) is 5.31. The summed E-state index contributed by atoms with van der Waals surface area (Å²) >= 11 is 0.974. The van der Waals surface area contributed by atoms with E-state index in [0.29, 0.717) is 23.2 Å². The zero-order valence-corrected chi connectivity index (χ0v) is 22.6. The molecule has 1 amide bonds. The Labute approximate surface area is 224 Å². The maximum atomic E-state index is 13.5. The normalized spacial score (nSPS) is 20.1. The van der Waals surface area contributed by atoms with Crippen molar-refractivity contribution in [2.75, 3.05) is 12.0 Å². The summed E-state index contributed by atoms with van der Waals surface area (Å²) in [5.41, 5.74) is 3.44. The van der Waals surface area contributed by atoms with Gasteiger partial charge in [0.1, 0.15) is 22.5 Å². The van der Waals surface area contributed by atoms with Crippen LogP contribution in [0.4, 0.5) is 5.13 Å². The first kappa shape index (κ1) is 25.7. The van der Waals surface area contributed by atoms with Crippen molar-refractivity contribution in [1.29, 1.82) is 0 Å². The van der Waals surface area contributed by atoms with Gasteiger partial charge in [-0.1, -0.05) is 49.4 Å². The number of carbonyl (C=O) groups excluding carboxylic acids is 3. The molecule has 9 heteroatoms. The molecule has 1 aromatic heterocycles. The number of amides is 1. The van der Waals surface area contributed by atoms with Gasteiger partial charge in [0.25, 0.3) is 5.78 Å². The van der Waals surface area contributed by atoms with Gasteiger partial charge in [0.05, 0.1) is 24.4 Å². The van der Waals surface area contributed by atoms with Crippen LogP contribution >= 0.6 is 11.3 Å². The number of nitrogens with zero attached hydrogens (tertiary/aromatic N) is 2. The molecule has 38 heavy (non-hydrogen) atoms. The van der Waals surface area contributed by atoms with Crippen molar-refractivity contribution in [3.05, 3.63) is 80.9 Å². The molecule has 8 nitrogen and oxygen atoms in total. The van der Waals surface area contributed by atoms with Crippen LogP contribution in [0.25, 0.3) is 5.76 Å². The molecule has 1 N–H and O–H groups in total.